The van der Waals surface area contributed by atoms with Gasteiger partial charge in [-0.2, -0.15) is 9.90 Å². The molecule has 7 heteroatoms. The predicted molar refractivity (Wildman–Crippen MR) is 67.5 cm³/mol. The Morgan fingerprint density at radius 1 is 1.37 bits per heavy atom. The molecule has 1 heterocycles. The van der Waals surface area contributed by atoms with E-state index in [2.05, 4.69) is 15.5 Å². The molecule has 0 aliphatic carbocycles. The van der Waals surface area contributed by atoms with Gasteiger partial charge in [0.15, 0.2) is 5.82 Å². The number of halogens is 1. The molecule has 0 bridgehead atoms. The fourth-order valence-electron chi connectivity index (χ4n) is 1.57. The van der Waals surface area contributed by atoms with Crippen LogP contribution in [0.5, 0.6) is 0 Å². The Balaban J connectivity index is 1.73. The van der Waals surface area contributed by atoms with E-state index in [0.29, 0.717) is 13.0 Å². The van der Waals surface area contributed by atoms with Crippen molar-refractivity contribution in [1.82, 2.24) is 20.3 Å². The van der Waals surface area contributed by atoms with Crippen LogP contribution in [0.15, 0.2) is 30.5 Å². The highest BCUT2D eigenvalue weighted by atomic mass is 19.1. The van der Waals surface area contributed by atoms with Gasteiger partial charge in [-0.05, 0) is 24.1 Å². The van der Waals surface area contributed by atoms with E-state index in [1.807, 2.05) is 0 Å². The van der Waals surface area contributed by atoms with E-state index < -0.39 is 0 Å². The number of nitrogens with zero attached hydrogens (tertiary/aromatic N) is 3. The number of nitrogen functional groups attached to an aromatic ring is 1. The number of hydrogen-bond donors (Lipinski definition) is 2. The van der Waals surface area contributed by atoms with Crippen LogP contribution in [0, 0.1) is 5.82 Å². The van der Waals surface area contributed by atoms with Gasteiger partial charge in [0.1, 0.15) is 12.4 Å². The molecule has 1 aromatic heterocycles. The number of carbonyl (C=O) groups is 1. The van der Waals surface area contributed by atoms with Gasteiger partial charge in [0, 0.05) is 6.54 Å². The van der Waals surface area contributed by atoms with Crippen LogP contribution in [-0.2, 0) is 17.8 Å². The van der Waals surface area contributed by atoms with Crippen molar-refractivity contribution in [2.75, 3.05) is 12.3 Å². The van der Waals surface area contributed by atoms with E-state index in [9.17, 15) is 9.18 Å². The number of anilines is 1. The molecule has 0 aliphatic heterocycles. The van der Waals surface area contributed by atoms with Crippen molar-refractivity contribution in [3.8, 4) is 0 Å². The third-order valence-corrected chi connectivity index (χ3v) is 2.49. The summed E-state index contributed by atoms with van der Waals surface area (Å²) >= 11 is 0. The first-order chi connectivity index (χ1) is 9.13. The van der Waals surface area contributed by atoms with E-state index in [1.165, 1.54) is 23.1 Å². The molecular weight excluding hydrogens is 249 g/mol. The number of rotatable bonds is 5. The monoisotopic (exact) mass is 263 g/mol. The number of hydrogen-bond acceptors (Lipinski definition) is 4. The second-order valence-electron chi connectivity index (χ2n) is 4.03. The standard InChI is InChI=1S/C12H14FN5O/c13-10-3-1-9(2-4-10)5-6-15-12(19)8-18-16-7-11(14)17-18/h1-4,7H,5-6,8H2,(H2,14,17)(H,15,19). The van der Waals surface area contributed by atoms with E-state index in [4.69, 9.17) is 5.73 Å². The van der Waals surface area contributed by atoms with Crippen molar-refractivity contribution in [3.05, 3.63) is 41.8 Å². The lowest BCUT2D eigenvalue weighted by atomic mass is 10.1. The maximum atomic E-state index is 12.7. The Morgan fingerprint density at radius 3 is 2.74 bits per heavy atom. The molecule has 6 nitrogen and oxygen atoms in total. The molecule has 0 aliphatic rings. The Kier molecular flexibility index (Phi) is 4.07. The Labute approximate surface area is 109 Å². The highest BCUT2D eigenvalue weighted by molar-refractivity contribution is 5.75. The lowest BCUT2D eigenvalue weighted by Crippen LogP contribution is -2.30. The van der Waals surface area contributed by atoms with Gasteiger partial charge in [-0.3, -0.25) is 4.79 Å². The zero-order valence-corrected chi connectivity index (χ0v) is 10.2. The maximum absolute atomic E-state index is 12.7. The summed E-state index contributed by atoms with van der Waals surface area (Å²) < 4.78 is 12.7. The zero-order chi connectivity index (χ0) is 13.7. The Morgan fingerprint density at radius 2 is 2.11 bits per heavy atom. The molecular formula is C12H14FN5O. The first-order valence-corrected chi connectivity index (χ1v) is 5.80. The molecule has 1 amide bonds. The number of amides is 1. The number of aromatic nitrogens is 3. The van der Waals surface area contributed by atoms with Crippen LogP contribution < -0.4 is 11.1 Å². The average molecular weight is 263 g/mol. The van der Waals surface area contributed by atoms with Gasteiger partial charge in [0.25, 0.3) is 0 Å². The third-order valence-electron chi connectivity index (χ3n) is 2.49. The van der Waals surface area contributed by atoms with Gasteiger partial charge in [-0.25, -0.2) is 4.39 Å². The van der Waals surface area contributed by atoms with Crippen molar-refractivity contribution < 1.29 is 9.18 Å². The summed E-state index contributed by atoms with van der Waals surface area (Å²) in [5.74, 6) is -0.188. The van der Waals surface area contributed by atoms with Crippen molar-refractivity contribution in [2.24, 2.45) is 0 Å². The normalized spacial score (nSPS) is 10.4. The van der Waals surface area contributed by atoms with Crippen LogP contribution in [-0.4, -0.2) is 27.4 Å². The van der Waals surface area contributed by atoms with Gasteiger partial charge in [0.2, 0.25) is 5.91 Å². The Hall–Kier alpha value is -2.44. The minimum Gasteiger partial charge on any atom is -0.381 e. The summed E-state index contributed by atoms with van der Waals surface area (Å²) in [6, 6.07) is 6.18. The lowest BCUT2D eigenvalue weighted by Gasteiger charge is -2.05. The Bertz CT molecular complexity index is 552. The largest absolute Gasteiger partial charge is 0.381 e. The van der Waals surface area contributed by atoms with Crippen LogP contribution in [0.4, 0.5) is 10.2 Å². The zero-order valence-electron chi connectivity index (χ0n) is 10.2. The van der Waals surface area contributed by atoms with E-state index in [1.54, 1.807) is 12.1 Å². The van der Waals surface area contributed by atoms with Crippen LogP contribution in [0.3, 0.4) is 0 Å². The van der Waals surface area contributed by atoms with Crippen molar-refractivity contribution in [1.29, 1.82) is 0 Å². The summed E-state index contributed by atoms with van der Waals surface area (Å²) in [5, 5.41) is 10.3. The second-order valence-corrected chi connectivity index (χ2v) is 4.03. The molecule has 0 saturated heterocycles. The van der Waals surface area contributed by atoms with E-state index >= 15 is 0 Å². The van der Waals surface area contributed by atoms with Crippen LogP contribution in [0.25, 0.3) is 0 Å². The number of nitrogens with two attached hydrogens (primary N) is 1. The summed E-state index contributed by atoms with van der Waals surface area (Å²) in [4.78, 5) is 12.8. The number of nitrogens with one attached hydrogen (secondary N) is 1. The van der Waals surface area contributed by atoms with Gasteiger partial charge < -0.3 is 11.1 Å². The molecule has 1 aromatic carbocycles. The summed E-state index contributed by atoms with van der Waals surface area (Å²) in [6.07, 6.45) is 2.02. The third kappa shape index (κ3) is 4.06. The minimum absolute atomic E-state index is 0.0284. The van der Waals surface area contributed by atoms with Crippen molar-refractivity contribution in [3.63, 3.8) is 0 Å². The molecule has 2 aromatic rings. The van der Waals surface area contributed by atoms with Crippen molar-refractivity contribution in [2.45, 2.75) is 13.0 Å². The molecule has 0 saturated carbocycles. The molecule has 0 spiro atoms. The highest BCUT2D eigenvalue weighted by Gasteiger charge is 2.04. The predicted octanol–water partition coefficient (Wildman–Crippen LogP) is 0.358. The summed E-state index contributed by atoms with van der Waals surface area (Å²) in [7, 11) is 0. The van der Waals surface area contributed by atoms with Crippen molar-refractivity contribution >= 4 is 11.7 Å². The van der Waals surface area contributed by atoms with Crippen LogP contribution >= 0.6 is 0 Å². The second kappa shape index (κ2) is 5.94. The molecule has 0 unspecified atom stereocenters. The quantitative estimate of drug-likeness (QED) is 0.815. The molecule has 0 atom stereocenters. The molecule has 19 heavy (non-hydrogen) atoms. The van der Waals surface area contributed by atoms with Gasteiger partial charge in [-0.1, -0.05) is 12.1 Å². The molecule has 100 valence electrons. The van der Waals surface area contributed by atoms with Gasteiger partial charge in [0.05, 0.1) is 6.20 Å². The summed E-state index contributed by atoms with van der Waals surface area (Å²) in [6.45, 7) is 0.502. The lowest BCUT2D eigenvalue weighted by molar-refractivity contribution is -0.122. The van der Waals surface area contributed by atoms with Gasteiger partial charge >= 0.3 is 0 Å². The average Bonchev–Trinajstić information content (AvgIpc) is 2.77. The topological polar surface area (TPSA) is 85.8 Å². The maximum Gasteiger partial charge on any atom is 0.243 e. The van der Waals surface area contributed by atoms with Gasteiger partial charge in [-0.15, -0.1) is 5.10 Å². The summed E-state index contributed by atoms with van der Waals surface area (Å²) in [5.41, 5.74) is 6.35. The number of benzene rings is 1. The fourth-order valence-corrected chi connectivity index (χ4v) is 1.57. The van der Waals surface area contributed by atoms with E-state index in [-0.39, 0.29) is 24.1 Å². The minimum atomic E-state index is -0.268. The molecule has 2 rings (SSSR count). The molecule has 0 radical (unpaired) electrons. The molecule has 0 fully saturated rings. The van der Waals surface area contributed by atoms with Crippen LogP contribution in [0.2, 0.25) is 0 Å². The smallest absolute Gasteiger partial charge is 0.243 e. The fraction of sp³-hybridized carbons (Fsp3) is 0.250. The number of carbonyl (C=O) groups excluding carboxylic acids is 1. The van der Waals surface area contributed by atoms with E-state index in [0.717, 1.165) is 5.56 Å². The first kappa shape index (κ1) is 13.0. The van der Waals surface area contributed by atoms with Crippen LogP contribution in [0.1, 0.15) is 5.56 Å². The first-order valence-electron chi connectivity index (χ1n) is 5.80. The molecule has 3 N–H and O–H groups in total. The SMILES string of the molecule is Nc1cnn(CC(=O)NCCc2ccc(F)cc2)n1. The highest BCUT2D eigenvalue weighted by Crippen LogP contribution is 2.02.